The predicted molar refractivity (Wildman–Crippen MR) is 75.0 cm³/mol. The molecule has 2 unspecified atom stereocenters. The monoisotopic (exact) mass is 266 g/mol. The Morgan fingerprint density at radius 1 is 1.32 bits per heavy atom. The van der Waals surface area contributed by atoms with E-state index in [-0.39, 0.29) is 35.6 Å². The number of carbonyl (C=O) groups is 1. The normalized spacial score (nSPS) is 14.8. The average Bonchev–Trinajstić information content (AvgIpc) is 2.25. The summed E-state index contributed by atoms with van der Waals surface area (Å²) in [6, 6.07) is 5.89. The molecule has 0 heterocycles. The summed E-state index contributed by atoms with van der Waals surface area (Å²) in [4.78, 5) is 11.9. The lowest BCUT2D eigenvalue weighted by Gasteiger charge is -2.32. The number of nitrogens with one attached hydrogen (secondary N) is 1. The Morgan fingerprint density at radius 3 is 2.26 bits per heavy atom. The van der Waals surface area contributed by atoms with Crippen molar-refractivity contribution in [1.82, 2.24) is 5.32 Å². The highest BCUT2D eigenvalue weighted by atomic mass is 19.1. The molecule has 2 atom stereocenters. The van der Waals surface area contributed by atoms with Crippen LogP contribution in [0.4, 0.5) is 4.39 Å². The van der Waals surface area contributed by atoms with Crippen LogP contribution in [0, 0.1) is 11.2 Å². The Balaban J connectivity index is 2.90. The SMILES string of the molecule is CC(N)CC(=O)NC(c1ccc(F)cc1)C(C)(C)C. The summed E-state index contributed by atoms with van der Waals surface area (Å²) in [5.41, 5.74) is 6.36. The van der Waals surface area contributed by atoms with Crippen LogP contribution in [-0.2, 0) is 4.79 Å². The number of hydrogen-bond acceptors (Lipinski definition) is 2. The van der Waals surface area contributed by atoms with Gasteiger partial charge in [0.15, 0.2) is 0 Å². The molecule has 0 saturated carbocycles. The van der Waals surface area contributed by atoms with Crippen LogP contribution in [0.3, 0.4) is 0 Å². The van der Waals surface area contributed by atoms with Gasteiger partial charge in [-0.25, -0.2) is 4.39 Å². The fourth-order valence-corrected chi connectivity index (χ4v) is 1.97. The highest BCUT2D eigenvalue weighted by Crippen LogP contribution is 2.32. The average molecular weight is 266 g/mol. The van der Waals surface area contributed by atoms with E-state index < -0.39 is 0 Å². The van der Waals surface area contributed by atoms with E-state index in [0.717, 1.165) is 5.56 Å². The minimum Gasteiger partial charge on any atom is -0.349 e. The molecule has 0 radical (unpaired) electrons. The number of carbonyl (C=O) groups excluding carboxylic acids is 1. The molecule has 0 aliphatic rings. The van der Waals surface area contributed by atoms with Gasteiger partial charge in [-0.1, -0.05) is 32.9 Å². The Morgan fingerprint density at radius 2 is 1.84 bits per heavy atom. The van der Waals surface area contributed by atoms with Gasteiger partial charge in [0, 0.05) is 12.5 Å². The van der Waals surface area contributed by atoms with E-state index >= 15 is 0 Å². The van der Waals surface area contributed by atoms with Gasteiger partial charge in [-0.2, -0.15) is 0 Å². The molecule has 0 fully saturated rings. The van der Waals surface area contributed by atoms with Crippen LogP contribution in [0.5, 0.6) is 0 Å². The van der Waals surface area contributed by atoms with E-state index in [1.54, 1.807) is 19.1 Å². The maximum atomic E-state index is 13.0. The molecular weight excluding hydrogens is 243 g/mol. The van der Waals surface area contributed by atoms with Gasteiger partial charge in [-0.15, -0.1) is 0 Å². The number of amides is 1. The molecule has 3 nitrogen and oxygen atoms in total. The Bertz CT molecular complexity index is 421. The van der Waals surface area contributed by atoms with Gasteiger partial charge in [-0.3, -0.25) is 4.79 Å². The molecule has 0 aliphatic carbocycles. The topological polar surface area (TPSA) is 55.1 Å². The van der Waals surface area contributed by atoms with Crippen molar-refractivity contribution < 1.29 is 9.18 Å². The Labute approximate surface area is 114 Å². The molecule has 4 heteroatoms. The van der Waals surface area contributed by atoms with Crippen molar-refractivity contribution in [2.45, 2.75) is 46.2 Å². The molecule has 106 valence electrons. The first-order chi connectivity index (χ1) is 8.70. The van der Waals surface area contributed by atoms with Crippen molar-refractivity contribution in [3.05, 3.63) is 35.6 Å². The smallest absolute Gasteiger partial charge is 0.222 e. The third-order valence-electron chi connectivity index (χ3n) is 2.88. The zero-order chi connectivity index (χ0) is 14.6. The standard InChI is InChI=1S/C15H23FN2O/c1-10(17)9-13(19)18-14(15(2,3)4)11-5-7-12(16)8-6-11/h5-8,10,14H,9,17H2,1-4H3,(H,18,19). The number of rotatable bonds is 4. The van der Waals surface area contributed by atoms with Gasteiger partial charge in [-0.05, 0) is 30.0 Å². The summed E-state index contributed by atoms with van der Waals surface area (Å²) in [5, 5.41) is 2.98. The number of nitrogens with two attached hydrogens (primary N) is 1. The summed E-state index contributed by atoms with van der Waals surface area (Å²) in [5.74, 6) is -0.363. The molecule has 3 N–H and O–H groups in total. The van der Waals surface area contributed by atoms with Gasteiger partial charge in [0.05, 0.1) is 6.04 Å². The molecule has 1 aromatic rings. The zero-order valence-electron chi connectivity index (χ0n) is 12.0. The fraction of sp³-hybridized carbons (Fsp3) is 0.533. The third kappa shape index (κ3) is 4.99. The summed E-state index contributed by atoms with van der Waals surface area (Å²) in [6.45, 7) is 7.90. The lowest BCUT2D eigenvalue weighted by atomic mass is 9.82. The van der Waals surface area contributed by atoms with E-state index in [0.29, 0.717) is 0 Å². The summed E-state index contributed by atoms with van der Waals surface area (Å²) >= 11 is 0. The van der Waals surface area contributed by atoms with Gasteiger partial charge in [0.2, 0.25) is 5.91 Å². The maximum absolute atomic E-state index is 13.0. The molecule has 0 aromatic heterocycles. The van der Waals surface area contributed by atoms with Gasteiger partial charge in [0.25, 0.3) is 0 Å². The first-order valence-electron chi connectivity index (χ1n) is 6.50. The van der Waals surface area contributed by atoms with Crippen LogP contribution in [0.15, 0.2) is 24.3 Å². The van der Waals surface area contributed by atoms with Crippen molar-refractivity contribution >= 4 is 5.91 Å². The maximum Gasteiger partial charge on any atom is 0.222 e. The number of benzene rings is 1. The van der Waals surface area contributed by atoms with Crippen LogP contribution in [0.2, 0.25) is 0 Å². The predicted octanol–water partition coefficient (Wildman–Crippen LogP) is 2.77. The quantitative estimate of drug-likeness (QED) is 0.880. The number of hydrogen-bond donors (Lipinski definition) is 2. The van der Waals surface area contributed by atoms with Crippen LogP contribution in [0.1, 0.15) is 45.7 Å². The lowest BCUT2D eigenvalue weighted by Crippen LogP contribution is -2.38. The zero-order valence-corrected chi connectivity index (χ0v) is 12.0. The lowest BCUT2D eigenvalue weighted by molar-refractivity contribution is -0.122. The second-order valence-electron chi connectivity index (χ2n) is 6.10. The highest BCUT2D eigenvalue weighted by Gasteiger charge is 2.27. The molecule has 0 saturated heterocycles. The van der Waals surface area contributed by atoms with E-state index in [1.807, 2.05) is 20.8 Å². The van der Waals surface area contributed by atoms with Crippen LogP contribution in [-0.4, -0.2) is 11.9 Å². The molecular formula is C15H23FN2O. The first kappa shape index (κ1) is 15.6. The molecule has 1 amide bonds. The molecule has 19 heavy (non-hydrogen) atoms. The Hall–Kier alpha value is -1.42. The number of halogens is 1. The molecule has 1 rings (SSSR count). The fourth-order valence-electron chi connectivity index (χ4n) is 1.97. The van der Waals surface area contributed by atoms with Crippen LogP contribution < -0.4 is 11.1 Å². The second-order valence-corrected chi connectivity index (χ2v) is 6.10. The molecule has 1 aromatic carbocycles. The van der Waals surface area contributed by atoms with E-state index in [9.17, 15) is 9.18 Å². The molecule has 0 aliphatic heterocycles. The summed E-state index contributed by atoms with van der Waals surface area (Å²) in [6.07, 6.45) is 0.285. The van der Waals surface area contributed by atoms with Gasteiger partial charge in [0.1, 0.15) is 5.82 Å². The minimum atomic E-state index is -0.279. The van der Waals surface area contributed by atoms with Crippen molar-refractivity contribution in [1.29, 1.82) is 0 Å². The highest BCUT2D eigenvalue weighted by molar-refractivity contribution is 5.77. The van der Waals surface area contributed by atoms with Crippen LogP contribution >= 0.6 is 0 Å². The second kappa shape index (κ2) is 6.15. The van der Waals surface area contributed by atoms with E-state index in [2.05, 4.69) is 5.32 Å². The largest absolute Gasteiger partial charge is 0.349 e. The first-order valence-corrected chi connectivity index (χ1v) is 6.50. The van der Waals surface area contributed by atoms with Crippen molar-refractivity contribution in [3.8, 4) is 0 Å². The summed E-state index contributed by atoms with van der Waals surface area (Å²) < 4.78 is 13.0. The Kier molecular flexibility index (Phi) is 5.06. The van der Waals surface area contributed by atoms with E-state index in [4.69, 9.17) is 5.73 Å². The van der Waals surface area contributed by atoms with Crippen molar-refractivity contribution in [2.24, 2.45) is 11.1 Å². The summed E-state index contributed by atoms with van der Waals surface area (Å²) in [7, 11) is 0. The van der Waals surface area contributed by atoms with Gasteiger partial charge >= 0.3 is 0 Å². The molecule has 0 bridgehead atoms. The minimum absolute atomic E-state index is 0.0840. The third-order valence-corrected chi connectivity index (χ3v) is 2.88. The van der Waals surface area contributed by atoms with Crippen molar-refractivity contribution in [3.63, 3.8) is 0 Å². The van der Waals surface area contributed by atoms with Gasteiger partial charge < -0.3 is 11.1 Å². The van der Waals surface area contributed by atoms with E-state index in [1.165, 1.54) is 12.1 Å². The molecule has 0 spiro atoms. The van der Waals surface area contributed by atoms with Crippen LogP contribution in [0.25, 0.3) is 0 Å². The van der Waals surface area contributed by atoms with Crippen molar-refractivity contribution in [2.75, 3.05) is 0 Å².